The summed E-state index contributed by atoms with van der Waals surface area (Å²) in [7, 11) is 0. The Balaban J connectivity index is 2.12. The summed E-state index contributed by atoms with van der Waals surface area (Å²) in [5.41, 5.74) is 8.10. The van der Waals surface area contributed by atoms with E-state index in [0.29, 0.717) is 9.84 Å². The van der Waals surface area contributed by atoms with Gasteiger partial charge in [0.1, 0.15) is 0 Å². The van der Waals surface area contributed by atoms with E-state index in [2.05, 4.69) is 59.0 Å². The molecule has 2 N–H and O–H groups in total. The highest BCUT2D eigenvalue weighted by Gasteiger charge is 2.16. The van der Waals surface area contributed by atoms with Gasteiger partial charge >= 0.3 is 0 Å². The summed E-state index contributed by atoms with van der Waals surface area (Å²) in [4.78, 5) is 0. The minimum Gasteiger partial charge on any atom is -0.399 e. The Labute approximate surface area is 104 Å². The van der Waals surface area contributed by atoms with E-state index < -0.39 is 0 Å². The molecule has 15 heavy (non-hydrogen) atoms. The van der Waals surface area contributed by atoms with Crippen molar-refractivity contribution in [1.82, 2.24) is 0 Å². The molecule has 1 nitrogen and oxygen atoms in total. The monoisotopic (exact) mass is 311 g/mol. The van der Waals surface area contributed by atoms with E-state index in [1.165, 1.54) is 5.56 Å². The van der Waals surface area contributed by atoms with E-state index in [0.717, 1.165) is 12.1 Å². The molecule has 2 heteroatoms. The first-order valence-electron chi connectivity index (χ1n) is 5.10. The Hall–Kier alpha value is -0.770. The van der Waals surface area contributed by atoms with Gasteiger partial charge in [0, 0.05) is 9.61 Å². The largest absolute Gasteiger partial charge is 0.399 e. The lowest BCUT2D eigenvalue weighted by molar-refractivity contribution is 0.683. The molecule has 2 atom stereocenters. The van der Waals surface area contributed by atoms with Crippen molar-refractivity contribution in [2.45, 2.75) is 10.3 Å². The van der Waals surface area contributed by atoms with Gasteiger partial charge in [0.25, 0.3) is 0 Å². The van der Waals surface area contributed by atoms with Crippen LogP contribution in [0.3, 0.4) is 0 Å². The maximum absolute atomic E-state index is 5.94. The zero-order valence-electron chi connectivity index (χ0n) is 8.44. The molecule has 1 aliphatic carbocycles. The van der Waals surface area contributed by atoms with E-state index in [1.807, 2.05) is 12.1 Å². The molecule has 0 saturated heterocycles. The van der Waals surface area contributed by atoms with Gasteiger partial charge in [-0.1, -0.05) is 65.1 Å². The molecule has 0 amide bonds. The van der Waals surface area contributed by atoms with E-state index in [4.69, 9.17) is 5.73 Å². The van der Waals surface area contributed by atoms with E-state index in [1.54, 1.807) is 0 Å². The zero-order chi connectivity index (χ0) is 10.7. The van der Waals surface area contributed by atoms with Crippen LogP contribution in [0.5, 0.6) is 0 Å². The second-order valence-electron chi connectivity index (χ2n) is 3.78. The quantitative estimate of drug-likeness (QED) is 0.506. The van der Waals surface area contributed by atoms with Gasteiger partial charge in [-0.3, -0.25) is 0 Å². The molecule has 1 aromatic carbocycles. The predicted molar refractivity (Wildman–Crippen MR) is 74.1 cm³/mol. The average Bonchev–Trinajstić information content (AvgIpc) is 2.24. The molecular weight excluding hydrogens is 297 g/mol. The fourth-order valence-electron chi connectivity index (χ4n) is 1.78. The Bertz CT molecular complexity index is 395. The fourth-order valence-corrected chi connectivity index (χ4v) is 2.51. The highest BCUT2D eigenvalue weighted by Crippen LogP contribution is 2.26. The highest BCUT2D eigenvalue weighted by molar-refractivity contribution is 14.1. The summed E-state index contributed by atoms with van der Waals surface area (Å²) in [6.45, 7) is 0. The normalized spacial score (nSPS) is 24.3. The molecule has 1 aliphatic rings. The maximum atomic E-state index is 5.94. The fraction of sp³-hybridized carbons (Fsp3) is 0.231. The summed E-state index contributed by atoms with van der Waals surface area (Å²) in [5, 5.41) is 0. The van der Waals surface area contributed by atoms with Crippen molar-refractivity contribution in [3.63, 3.8) is 0 Å². The van der Waals surface area contributed by atoms with E-state index in [9.17, 15) is 0 Å². The molecule has 0 saturated carbocycles. The lowest BCUT2D eigenvalue weighted by Gasteiger charge is -2.19. The third-order valence-corrected chi connectivity index (χ3v) is 4.02. The first kappa shape index (κ1) is 10.7. The highest BCUT2D eigenvalue weighted by atomic mass is 127. The van der Waals surface area contributed by atoms with Crippen molar-refractivity contribution in [3.05, 3.63) is 54.1 Å². The molecule has 1 aromatic rings. The van der Waals surface area contributed by atoms with Crippen LogP contribution >= 0.6 is 22.6 Å². The van der Waals surface area contributed by atoms with Crippen molar-refractivity contribution in [2.75, 3.05) is 5.73 Å². The van der Waals surface area contributed by atoms with Crippen molar-refractivity contribution in [3.8, 4) is 0 Å². The molecule has 0 spiro atoms. The first-order chi connectivity index (χ1) is 7.27. The minimum atomic E-state index is 0.570. The van der Waals surface area contributed by atoms with Gasteiger partial charge in [0.15, 0.2) is 0 Å². The number of rotatable bonds is 2. The predicted octanol–water partition coefficient (Wildman–Crippen LogP) is 3.36. The van der Waals surface area contributed by atoms with E-state index >= 15 is 0 Å². The number of hydrogen-bond donors (Lipinski definition) is 1. The Morgan fingerprint density at radius 2 is 1.87 bits per heavy atom. The molecule has 0 fully saturated rings. The average molecular weight is 311 g/mol. The van der Waals surface area contributed by atoms with Gasteiger partial charge in [-0.25, -0.2) is 0 Å². The maximum Gasteiger partial charge on any atom is 0.0358 e. The minimum absolute atomic E-state index is 0.570. The third-order valence-electron chi connectivity index (χ3n) is 2.68. The van der Waals surface area contributed by atoms with Crippen molar-refractivity contribution < 1.29 is 0 Å². The van der Waals surface area contributed by atoms with Crippen LogP contribution in [0.25, 0.3) is 0 Å². The lowest BCUT2D eigenvalue weighted by atomic mass is 9.92. The van der Waals surface area contributed by atoms with Crippen LogP contribution in [0.15, 0.2) is 48.6 Å². The number of alkyl halides is 1. The van der Waals surface area contributed by atoms with Crippen LogP contribution in [0.1, 0.15) is 5.56 Å². The molecular formula is C13H14IN. The topological polar surface area (TPSA) is 26.0 Å². The SMILES string of the molecule is Nc1ccccc1CC1C=CC=CC1I. The van der Waals surface area contributed by atoms with Crippen molar-refractivity contribution >= 4 is 28.3 Å². The molecule has 2 unspecified atom stereocenters. The first-order valence-corrected chi connectivity index (χ1v) is 6.34. The third kappa shape index (κ3) is 2.62. The number of nitrogen functional groups attached to an aromatic ring is 1. The number of halogens is 1. The molecule has 0 aliphatic heterocycles. The molecule has 78 valence electrons. The van der Waals surface area contributed by atoms with E-state index in [-0.39, 0.29) is 0 Å². The number of allylic oxidation sites excluding steroid dienone is 4. The number of anilines is 1. The van der Waals surface area contributed by atoms with Gasteiger partial charge in [-0.05, 0) is 24.0 Å². The van der Waals surface area contributed by atoms with Crippen LogP contribution in [0.4, 0.5) is 5.69 Å². The summed E-state index contributed by atoms with van der Waals surface area (Å²) < 4.78 is 0.576. The van der Waals surface area contributed by atoms with Crippen molar-refractivity contribution in [2.24, 2.45) is 5.92 Å². The zero-order valence-corrected chi connectivity index (χ0v) is 10.6. The van der Waals surface area contributed by atoms with Gasteiger partial charge in [0.2, 0.25) is 0 Å². The van der Waals surface area contributed by atoms with Crippen LogP contribution in [0.2, 0.25) is 0 Å². The molecule has 0 radical (unpaired) electrons. The number of benzene rings is 1. The molecule has 0 aromatic heterocycles. The van der Waals surface area contributed by atoms with Gasteiger partial charge in [-0.15, -0.1) is 0 Å². The van der Waals surface area contributed by atoms with Gasteiger partial charge in [-0.2, -0.15) is 0 Å². The number of hydrogen-bond acceptors (Lipinski definition) is 1. The second-order valence-corrected chi connectivity index (χ2v) is 5.22. The Kier molecular flexibility index (Phi) is 3.46. The standard InChI is InChI=1S/C13H14IN/c14-12-7-3-1-5-10(12)9-11-6-2-4-8-13(11)15/h1-8,10,12H,9,15H2. The van der Waals surface area contributed by atoms with Crippen LogP contribution < -0.4 is 5.73 Å². The van der Waals surface area contributed by atoms with Crippen LogP contribution in [-0.2, 0) is 6.42 Å². The smallest absolute Gasteiger partial charge is 0.0358 e. The second kappa shape index (κ2) is 4.84. The van der Waals surface area contributed by atoms with Gasteiger partial charge < -0.3 is 5.73 Å². The molecule has 0 heterocycles. The summed E-state index contributed by atoms with van der Waals surface area (Å²) in [6.07, 6.45) is 9.77. The van der Waals surface area contributed by atoms with Crippen molar-refractivity contribution in [1.29, 1.82) is 0 Å². The van der Waals surface area contributed by atoms with Crippen LogP contribution in [0, 0.1) is 5.92 Å². The summed E-state index contributed by atoms with van der Waals surface area (Å²) in [6, 6.07) is 8.12. The summed E-state index contributed by atoms with van der Waals surface area (Å²) in [5.74, 6) is 0.570. The molecule has 0 bridgehead atoms. The number of nitrogens with two attached hydrogens (primary N) is 1. The van der Waals surface area contributed by atoms with Gasteiger partial charge in [0.05, 0.1) is 0 Å². The Morgan fingerprint density at radius 1 is 1.13 bits per heavy atom. The number of para-hydroxylation sites is 1. The Morgan fingerprint density at radius 3 is 2.60 bits per heavy atom. The van der Waals surface area contributed by atoms with Crippen LogP contribution in [-0.4, -0.2) is 3.92 Å². The lowest BCUT2D eigenvalue weighted by Crippen LogP contribution is -2.15. The molecule has 2 rings (SSSR count). The summed E-state index contributed by atoms with van der Waals surface area (Å²) >= 11 is 2.48.